The van der Waals surface area contributed by atoms with Gasteiger partial charge in [0.15, 0.2) is 0 Å². The number of amides is 1. The van der Waals surface area contributed by atoms with Crippen LogP contribution in [-0.4, -0.2) is 61.0 Å². The van der Waals surface area contributed by atoms with E-state index in [0.717, 1.165) is 12.8 Å². The van der Waals surface area contributed by atoms with Crippen LogP contribution in [0.25, 0.3) is 0 Å². The first-order valence-corrected chi connectivity index (χ1v) is 6.50. The van der Waals surface area contributed by atoms with E-state index in [1.165, 1.54) is 0 Å². The van der Waals surface area contributed by atoms with Gasteiger partial charge in [0.05, 0.1) is 13.0 Å². The number of piperidine rings is 1. The molecule has 1 saturated heterocycles. The lowest BCUT2D eigenvalue weighted by Gasteiger charge is -2.45. The average molecular weight is 256 g/mol. The van der Waals surface area contributed by atoms with Crippen LogP contribution in [0.4, 0.5) is 0 Å². The molecule has 0 unspecified atom stereocenters. The van der Waals surface area contributed by atoms with Crippen molar-refractivity contribution in [3.63, 3.8) is 0 Å². The van der Waals surface area contributed by atoms with Crippen LogP contribution in [-0.2, 0) is 14.3 Å². The molecule has 0 aromatic heterocycles. The molecule has 0 aromatic rings. The minimum Gasteiger partial charge on any atom is -0.466 e. The van der Waals surface area contributed by atoms with Gasteiger partial charge in [0.1, 0.15) is 0 Å². The van der Waals surface area contributed by atoms with Crippen LogP contribution >= 0.6 is 0 Å². The maximum Gasteiger partial charge on any atom is 0.307 e. The highest BCUT2D eigenvalue weighted by Gasteiger charge is 2.39. The van der Waals surface area contributed by atoms with Gasteiger partial charge in [-0.3, -0.25) is 9.59 Å². The zero-order valence-corrected chi connectivity index (χ0v) is 11.9. The Morgan fingerprint density at radius 3 is 2.22 bits per heavy atom. The normalized spacial score (nSPS) is 18.8. The predicted octanol–water partition coefficient (Wildman–Crippen LogP) is 0.882. The van der Waals surface area contributed by atoms with E-state index in [-0.39, 0.29) is 17.4 Å². The summed E-state index contributed by atoms with van der Waals surface area (Å²) in [6.45, 7) is 5.26. The summed E-state index contributed by atoms with van der Waals surface area (Å²) < 4.78 is 5.05. The van der Waals surface area contributed by atoms with Crippen molar-refractivity contribution in [1.82, 2.24) is 9.80 Å². The fourth-order valence-corrected chi connectivity index (χ4v) is 2.50. The maximum absolute atomic E-state index is 11.7. The molecule has 5 heteroatoms. The van der Waals surface area contributed by atoms with Crippen molar-refractivity contribution in [2.45, 2.75) is 38.6 Å². The third-order valence-corrected chi connectivity index (χ3v) is 3.87. The minimum absolute atomic E-state index is 0.110. The van der Waals surface area contributed by atoms with Crippen LogP contribution in [0.3, 0.4) is 0 Å². The molecule has 0 radical (unpaired) electrons. The van der Waals surface area contributed by atoms with Crippen LogP contribution < -0.4 is 0 Å². The molecule has 1 aliphatic rings. The zero-order chi connectivity index (χ0) is 13.8. The first kappa shape index (κ1) is 15.0. The molecule has 5 nitrogen and oxygen atoms in total. The third-order valence-electron chi connectivity index (χ3n) is 3.87. The number of nitrogens with zero attached hydrogens (tertiary/aromatic N) is 2. The number of ether oxygens (including phenoxy) is 1. The summed E-state index contributed by atoms with van der Waals surface area (Å²) in [6.07, 6.45) is 2.04. The third kappa shape index (κ3) is 3.45. The molecule has 0 saturated carbocycles. The molecule has 0 spiro atoms. The van der Waals surface area contributed by atoms with Crippen molar-refractivity contribution >= 4 is 11.9 Å². The SMILES string of the molecule is CCOC(=O)CC1(N(C)C)CCN(C(C)=O)CC1. The lowest BCUT2D eigenvalue weighted by molar-refractivity contribution is -0.147. The molecular formula is C13H24N2O3. The van der Waals surface area contributed by atoms with E-state index in [9.17, 15) is 9.59 Å². The van der Waals surface area contributed by atoms with Crippen LogP contribution in [0.1, 0.15) is 33.1 Å². The molecular weight excluding hydrogens is 232 g/mol. The van der Waals surface area contributed by atoms with E-state index in [2.05, 4.69) is 4.90 Å². The summed E-state index contributed by atoms with van der Waals surface area (Å²) >= 11 is 0. The van der Waals surface area contributed by atoms with Gasteiger partial charge in [-0.2, -0.15) is 0 Å². The standard InChI is InChI=1S/C13H24N2O3/c1-5-18-12(17)10-13(14(3)4)6-8-15(9-7-13)11(2)16/h5-10H2,1-4H3. The lowest BCUT2D eigenvalue weighted by atomic mass is 9.83. The number of carbonyl (C=O) groups is 2. The first-order valence-electron chi connectivity index (χ1n) is 6.50. The highest BCUT2D eigenvalue weighted by Crippen LogP contribution is 2.31. The molecule has 18 heavy (non-hydrogen) atoms. The van der Waals surface area contributed by atoms with E-state index in [0.29, 0.717) is 26.1 Å². The van der Waals surface area contributed by atoms with Gasteiger partial charge in [-0.25, -0.2) is 0 Å². The molecule has 0 aromatic carbocycles. The molecule has 1 heterocycles. The van der Waals surface area contributed by atoms with Crippen LogP contribution in [0.5, 0.6) is 0 Å². The Bertz CT molecular complexity index is 307. The van der Waals surface area contributed by atoms with Gasteiger partial charge in [0, 0.05) is 25.6 Å². The predicted molar refractivity (Wildman–Crippen MR) is 69.2 cm³/mol. The van der Waals surface area contributed by atoms with Crippen LogP contribution in [0, 0.1) is 0 Å². The summed E-state index contributed by atoms with van der Waals surface area (Å²) in [6, 6.07) is 0. The second-order valence-corrected chi connectivity index (χ2v) is 5.11. The van der Waals surface area contributed by atoms with E-state index >= 15 is 0 Å². The number of hydrogen-bond donors (Lipinski definition) is 0. The van der Waals surface area contributed by atoms with E-state index in [1.54, 1.807) is 6.92 Å². The van der Waals surface area contributed by atoms with Crippen molar-refractivity contribution in [2.24, 2.45) is 0 Å². The van der Waals surface area contributed by atoms with Gasteiger partial charge >= 0.3 is 5.97 Å². The summed E-state index contributed by atoms with van der Waals surface area (Å²) in [4.78, 5) is 27.0. The van der Waals surface area contributed by atoms with Gasteiger partial charge in [-0.05, 0) is 33.9 Å². The molecule has 0 aliphatic carbocycles. The van der Waals surface area contributed by atoms with Gasteiger partial charge in [-0.15, -0.1) is 0 Å². The summed E-state index contributed by atoms with van der Waals surface area (Å²) in [5.74, 6) is -0.0408. The first-order chi connectivity index (χ1) is 8.41. The van der Waals surface area contributed by atoms with Gasteiger partial charge in [0.25, 0.3) is 0 Å². The monoisotopic (exact) mass is 256 g/mol. The summed E-state index contributed by atoms with van der Waals surface area (Å²) in [5.41, 5.74) is -0.168. The Kier molecular flexibility index (Phi) is 5.14. The molecule has 104 valence electrons. The fourth-order valence-electron chi connectivity index (χ4n) is 2.50. The number of esters is 1. The van der Waals surface area contributed by atoms with Crippen molar-refractivity contribution in [3.05, 3.63) is 0 Å². The second-order valence-electron chi connectivity index (χ2n) is 5.11. The Morgan fingerprint density at radius 1 is 1.28 bits per heavy atom. The Morgan fingerprint density at radius 2 is 1.83 bits per heavy atom. The number of rotatable bonds is 4. The average Bonchev–Trinajstić information content (AvgIpc) is 2.29. The zero-order valence-electron chi connectivity index (χ0n) is 11.9. The minimum atomic E-state index is -0.168. The van der Waals surface area contributed by atoms with Crippen LogP contribution in [0.15, 0.2) is 0 Å². The molecule has 0 bridgehead atoms. The Labute approximate surface area is 109 Å². The topological polar surface area (TPSA) is 49.9 Å². The number of hydrogen-bond acceptors (Lipinski definition) is 4. The quantitative estimate of drug-likeness (QED) is 0.701. The smallest absolute Gasteiger partial charge is 0.307 e. The van der Waals surface area contributed by atoms with Crippen molar-refractivity contribution in [3.8, 4) is 0 Å². The molecule has 1 fully saturated rings. The lowest BCUT2D eigenvalue weighted by Crippen LogP contribution is -2.54. The van der Waals surface area contributed by atoms with Crippen molar-refractivity contribution in [1.29, 1.82) is 0 Å². The fraction of sp³-hybridized carbons (Fsp3) is 0.846. The maximum atomic E-state index is 11.7. The van der Waals surface area contributed by atoms with E-state index in [4.69, 9.17) is 4.74 Å². The van der Waals surface area contributed by atoms with Crippen molar-refractivity contribution < 1.29 is 14.3 Å². The highest BCUT2D eigenvalue weighted by molar-refractivity contribution is 5.74. The Balaban J connectivity index is 2.67. The highest BCUT2D eigenvalue weighted by atomic mass is 16.5. The largest absolute Gasteiger partial charge is 0.466 e. The molecule has 0 atom stereocenters. The van der Waals surface area contributed by atoms with E-state index < -0.39 is 0 Å². The second kappa shape index (κ2) is 6.18. The van der Waals surface area contributed by atoms with Gasteiger partial charge < -0.3 is 14.5 Å². The molecule has 1 amide bonds. The van der Waals surface area contributed by atoms with Crippen LogP contribution in [0.2, 0.25) is 0 Å². The molecule has 1 aliphatic heterocycles. The Hall–Kier alpha value is -1.10. The van der Waals surface area contributed by atoms with E-state index in [1.807, 2.05) is 25.9 Å². The molecule has 0 N–H and O–H groups in total. The van der Waals surface area contributed by atoms with Crippen molar-refractivity contribution in [2.75, 3.05) is 33.8 Å². The van der Waals surface area contributed by atoms with Gasteiger partial charge in [0.2, 0.25) is 5.91 Å². The summed E-state index contributed by atoms with van der Waals surface area (Å²) in [7, 11) is 3.98. The number of carbonyl (C=O) groups excluding carboxylic acids is 2. The summed E-state index contributed by atoms with van der Waals surface area (Å²) in [5, 5.41) is 0. The number of likely N-dealkylation sites (tertiary alicyclic amines) is 1. The van der Waals surface area contributed by atoms with Gasteiger partial charge in [-0.1, -0.05) is 0 Å². The molecule has 1 rings (SSSR count).